The zero-order valence-corrected chi connectivity index (χ0v) is 7.27. The van der Waals surface area contributed by atoms with Gasteiger partial charge in [-0.15, -0.1) is 0 Å². The molecule has 2 heteroatoms. The number of nitrogens with zero attached hydrogens (tertiary/aromatic N) is 1. The average Bonchev–Trinajstić information content (AvgIpc) is 2.67. The molecule has 2 heterocycles. The summed E-state index contributed by atoms with van der Waals surface area (Å²) in [5.41, 5.74) is 2.32. The highest BCUT2D eigenvalue weighted by Gasteiger charge is 2.21. The Labute approximate surface area is 76.4 Å². The van der Waals surface area contributed by atoms with Gasteiger partial charge in [-0.2, -0.15) is 0 Å². The third-order valence-corrected chi connectivity index (χ3v) is 2.81. The normalized spacial score (nSPS) is 20.8. The summed E-state index contributed by atoms with van der Waals surface area (Å²) in [6, 6.07) is 10.4. The van der Waals surface area contributed by atoms with E-state index in [1.807, 2.05) is 12.1 Å². The summed E-state index contributed by atoms with van der Waals surface area (Å²) < 4.78 is 2.21. The Balaban J connectivity index is 2.38. The van der Waals surface area contributed by atoms with Gasteiger partial charge in [0.15, 0.2) is 0 Å². The third-order valence-electron chi connectivity index (χ3n) is 2.81. The van der Waals surface area contributed by atoms with Crippen LogP contribution in [0.15, 0.2) is 30.3 Å². The van der Waals surface area contributed by atoms with E-state index in [-0.39, 0.29) is 6.10 Å². The van der Waals surface area contributed by atoms with Crippen LogP contribution < -0.4 is 0 Å². The van der Waals surface area contributed by atoms with E-state index >= 15 is 0 Å². The number of aromatic nitrogens is 1. The van der Waals surface area contributed by atoms with Crippen molar-refractivity contribution < 1.29 is 5.11 Å². The molecular formula is C11H11NO. The van der Waals surface area contributed by atoms with Crippen molar-refractivity contribution in [2.45, 2.75) is 19.1 Å². The quantitative estimate of drug-likeness (QED) is 0.648. The summed E-state index contributed by atoms with van der Waals surface area (Å²) >= 11 is 0. The first-order valence-corrected chi connectivity index (χ1v) is 4.62. The van der Waals surface area contributed by atoms with Crippen LogP contribution in [0.4, 0.5) is 0 Å². The van der Waals surface area contributed by atoms with Crippen LogP contribution in [-0.4, -0.2) is 9.67 Å². The first-order chi connectivity index (χ1) is 6.36. The lowest BCUT2D eigenvalue weighted by molar-refractivity contribution is 0.180. The fraction of sp³-hybridized carbons (Fsp3) is 0.273. The Bertz CT molecular complexity index is 458. The molecule has 1 aromatic heterocycles. The second-order valence-corrected chi connectivity index (χ2v) is 3.58. The van der Waals surface area contributed by atoms with Gasteiger partial charge in [0.1, 0.15) is 0 Å². The van der Waals surface area contributed by atoms with Crippen molar-refractivity contribution in [1.82, 2.24) is 4.57 Å². The standard InChI is InChI=1S/C11H11NO/c13-11-5-6-12-9-4-2-1-3-8(9)7-10(11)12/h1-4,7,11,13H,5-6H2. The van der Waals surface area contributed by atoms with Crippen LogP contribution >= 0.6 is 0 Å². The molecule has 0 saturated carbocycles. The van der Waals surface area contributed by atoms with E-state index in [1.54, 1.807) is 0 Å². The number of hydrogen-bond acceptors (Lipinski definition) is 1. The molecule has 13 heavy (non-hydrogen) atoms. The highest BCUT2D eigenvalue weighted by Crippen LogP contribution is 2.31. The molecule has 0 saturated heterocycles. The maximum atomic E-state index is 9.66. The Kier molecular flexibility index (Phi) is 1.30. The molecule has 2 aromatic rings. The van der Waals surface area contributed by atoms with Crippen LogP contribution in [0.3, 0.4) is 0 Å². The van der Waals surface area contributed by atoms with Crippen LogP contribution in [0, 0.1) is 0 Å². The largest absolute Gasteiger partial charge is 0.387 e. The van der Waals surface area contributed by atoms with Crippen molar-refractivity contribution >= 4 is 10.9 Å². The molecule has 1 atom stereocenters. The Hall–Kier alpha value is -1.28. The molecule has 0 amide bonds. The van der Waals surface area contributed by atoms with Crippen molar-refractivity contribution in [2.24, 2.45) is 0 Å². The molecule has 0 radical (unpaired) electrons. The number of rotatable bonds is 0. The van der Waals surface area contributed by atoms with E-state index in [2.05, 4.69) is 22.8 Å². The molecule has 1 aliphatic heterocycles. The fourth-order valence-corrected chi connectivity index (χ4v) is 2.16. The monoisotopic (exact) mass is 173 g/mol. The van der Waals surface area contributed by atoms with Gasteiger partial charge in [0.05, 0.1) is 6.10 Å². The fourth-order valence-electron chi connectivity index (χ4n) is 2.16. The molecule has 0 spiro atoms. The number of benzene rings is 1. The number of aliphatic hydroxyl groups excluding tert-OH is 1. The van der Waals surface area contributed by atoms with Crippen molar-refractivity contribution in [2.75, 3.05) is 0 Å². The van der Waals surface area contributed by atoms with Gasteiger partial charge in [0.2, 0.25) is 0 Å². The van der Waals surface area contributed by atoms with Gasteiger partial charge in [-0.1, -0.05) is 18.2 Å². The van der Waals surface area contributed by atoms with Gasteiger partial charge in [0.25, 0.3) is 0 Å². The SMILES string of the molecule is OC1CCn2c1cc1ccccc12. The minimum absolute atomic E-state index is 0.257. The topological polar surface area (TPSA) is 25.2 Å². The van der Waals surface area contributed by atoms with Crippen molar-refractivity contribution in [3.05, 3.63) is 36.0 Å². The summed E-state index contributed by atoms with van der Waals surface area (Å²) in [6.07, 6.45) is 0.604. The molecule has 0 fully saturated rings. The van der Waals surface area contributed by atoms with E-state index in [9.17, 15) is 5.11 Å². The van der Waals surface area contributed by atoms with Gasteiger partial charge in [-0.25, -0.2) is 0 Å². The Morgan fingerprint density at radius 2 is 2.15 bits per heavy atom. The summed E-state index contributed by atoms with van der Waals surface area (Å²) in [4.78, 5) is 0. The van der Waals surface area contributed by atoms with Gasteiger partial charge < -0.3 is 9.67 Å². The van der Waals surface area contributed by atoms with E-state index in [1.165, 1.54) is 10.9 Å². The van der Waals surface area contributed by atoms with Crippen LogP contribution in [0.5, 0.6) is 0 Å². The minimum Gasteiger partial charge on any atom is -0.387 e. The first kappa shape index (κ1) is 7.15. The zero-order chi connectivity index (χ0) is 8.84. The molecule has 1 aliphatic rings. The highest BCUT2D eigenvalue weighted by atomic mass is 16.3. The van der Waals surface area contributed by atoms with E-state index < -0.39 is 0 Å². The second kappa shape index (κ2) is 2.36. The Morgan fingerprint density at radius 1 is 1.31 bits per heavy atom. The lowest BCUT2D eigenvalue weighted by atomic mass is 10.2. The molecule has 1 N–H and O–H groups in total. The Morgan fingerprint density at radius 3 is 3.08 bits per heavy atom. The van der Waals surface area contributed by atoms with E-state index in [0.29, 0.717) is 0 Å². The molecule has 66 valence electrons. The van der Waals surface area contributed by atoms with Gasteiger partial charge in [-0.05, 0) is 23.9 Å². The molecule has 3 rings (SSSR count). The first-order valence-electron chi connectivity index (χ1n) is 4.62. The molecule has 0 aliphatic carbocycles. The summed E-state index contributed by atoms with van der Waals surface area (Å²) in [7, 11) is 0. The molecule has 0 bridgehead atoms. The molecule has 1 aromatic carbocycles. The highest BCUT2D eigenvalue weighted by molar-refractivity contribution is 5.81. The van der Waals surface area contributed by atoms with Crippen molar-refractivity contribution in [3.8, 4) is 0 Å². The van der Waals surface area contributed by atoms with Crippen molar-refractivity contribution in [3.63, 3.8) is 0 Å². The second-order valence-electron chi connectivity index (χ2n) is 3.58. The van der Waals surface area contributed by atoms with Gasteiger partial charge in [-0.3, -0.25) is 0 Å². The van der Waals surface area contributed by atoms with E-state index in [0.717, 1.165) is 18.7 Å². The summed E-state index contributed by atoms with van der Waals surface area (Å²) in [5, 5.41) is 10.9. The predicted octanol–water partition coefficient (Wildman–Crippen LogP) is 2.08. The zero-order valence-electron chi connectivity index (χ0n) is 7.27. The summed E-state index contributed by atoms with van der Waals surface area (Å²) in [6.45, 7) is 0.948. The predicted molar refractivity (Wildman–Crippen MR) is 51.5 cm³/mol. The summed E-state index contributed by atoms with van der Waals surface area (Å²) in [5.74, 6) is 0. The van der Waals surface area contributed by atoms with E-state index in [4.69, 9.17) is 0 Å². The average molecular weight is 173 g/mol. The maximum absolute atomic E-state index is 9.66. The molecule has 1 unspecified atom stereocenters. The van der Waals surface area contributed by atoms with Gasteiger partial charge >= 0.3 is 0 Å². The number of aryl methyl sites for hydroxylation is 1. The number of fused-ring (bicyclic) bond motifs is 3. The van der Waals surface area contributed by atoms with Crippen molar-refractivity contribution in [1.29, 1.82) is 0 Å². The lowest BCUT2D eigenvalue weighted by Gasteiger charge is -1.98. The van der Waals surface area contributed by atoms with Crippen LogP contribution in [0.25, 0.3) is 10.9 Å². The molecule has 2 nitrogen and oxygen atoms in total. The lowest BCUT2D eigenvalue weighted by Crippen LogP contribution is -1.91. The van der Waals surface area contributed by atoms with Crippen LogP contribution in [0.2, 0.25) is 0 Å². The molecular weight excluding hydrogens is 162 g/mol. The third kappa shape index (κ3) is 0.864. The number of para-hydroxylation sites is 1. The minimum atomic E-state index is -0.257. The van der Waals surface area contributed by atoms with Crippen LogP contribution in [0.1, 0.15) is 18.2 Å². The smallest absolute Gasteiger partial charge is 0.0957 e. The number of aliphatic hydroxyl groups is 1. The van der Waals surface area contributed by atoms with Gasteiger partial charge in [0, 0.05) is 17.8 Å². The maximum Gasteiger partial charge on any atom is 0.0957 e. The number of hydrogen-bond donors (Lipinski definition) is 1. The van der Waals surface area contributed by atoms with Crippen LogP contribution in [-0.2, 0) is 6.54 Å².